The molecule has 0 aliphatic carbocycles. The molecule has 7 N–H and O–H groups in total. The van der Waals surface area contributed by atoms with E-state index in [-0.39, 0.29) is 13.0 Å². The van der Waals surface area contributed by atoms with Crippen molar-refractivity contribution >= 4 is 54.3 Å². The zero-order chi connectivity index (χ0) is 36.0. The molecule has 0 saturated carbocycles. The molecular formula is C28H56N4O11Si3. The summed E-state index contributed by atoms with van der Waals surface area (Å²) in [6, 6.07) is -3.52. The van der Waals surface area contributed by atoms with E-state index in [4.69, 9.17) is 29.2 Å². The molecule has 0 aromatic rings. The summed E-state index contributed by atoms with van der Waals surface area (Å²) in [6.45, 7) is 21.9. The first-order chi connectivity index (χ1) is 20.7. The zero-order valence-electron chi connectivity index (χ0n) is 29.3. The summed E-state index contributed by atoms with van der Waals surface area (Å²) in [5, 5.41) is 28.8. The van der Waals surface area contributed by atoms with E-state index < -0.39 is 109 Å². The van der Waals surface area contributed by atoms with Gasteiger partial charge in [-0.25, -0.2) is 0 Å². The first-order valence-electron chi connectivity index (χ1n) is 15.4. The van der Waals surface area contributed by atoms with Crippen molar-refractivity contribution in [2.45, 2.75) is 140 Å². The number of nitrogens with two attached hydrogens (primary N) is 1. The molecule has 0 aromatic heterocycles. The predicted molar refractivity (Wildman–Crippen MR) is 178 cm³/mol. The van der Waals surface area contributed by atoms with Crippen LogP contribution >= 0.6 is 0 Å². The van der Waals surface area contributed by atoms with Crippen molar-refractivity contribution < 1.29 is 52.5 Å². The monoisotopic (exact) mass is 708 g/mol. The average molecular weight is 709 g/mol. The van der Waals surface area contributed by atoms with Crippen LogP contribution < -0.4 is 21.7 Å². The SMILES string of the molecule is CC(=O)N[C@@H]1[C@@H](OC(C)C(=O)NC(C)C(=O)NC(CCC(=O)O)C(N)=O)[C@H](O[Si](C)(C)C)[C@@H](CO[Si](C)(C)C)OC1(O)[Si](C)(C)C. The molecule has 1 aliphatic rings. The van der Waals surface area contributed by atoms with Crippen molar-refractivity contribution in [3.05, 3.63) is 0 Å². The number of hydrogen-bond acceptors (Lipinski definition) is 10. The van der Waals surface area contributed by atoms with E-state index in [0.717, 1.165) is 0 Å². The summed E-state index contributed by atoms with van der Waals surface area (Å²) < 4.78 is 25.6. The van der Waals surface area contributed by atoms with Gasteiger partial charge in [0.2, 0.25) is 23.6 Å². The summed E-state index contributed by atoms with van der Waals surface area (Å²) in [5.41, 5.74) is 3.46. The number of carboxylic acids is 1. The van der Waals surface area contributed by atoms with Crippen LogP contribution in [0.15, 0.2) is 0 Å². The van der Waals surface area contributed by atoms with E-state index in [0.29, 0.717) is 0 Å². The van der Waals surface area contributed by atoms with Crippen molar-refractivity contribution in [1.82, 2.24) is 16.0 Å². The second-order valence-electron chi connectivity index (χ2n) is 14.8. The Hall–Kier alpha value is -2.20. The van der Waals surface area contributed by atoms with Gasteiger partial charge in [-0.05, 0) is 59.6 Å². The lowest BCUT2D eigenvalue weighted by molar-refractivity contribution is -0.288. The Kier molecular flexibility index (Phi) is 14.8. The van der Waals surface area contributed by atoms with E-state index >= 15 is 0 Å². The number of primary amides is 1. The zero-order valence-corrected chi connectivity index (χ0v) is 32.3. The van der Waals surface area contributed by atoms with Crippen LogP contribution in [0.3, 0.4) is 0 Å². The van der Waals surface area contributed by atoms with Crippen LogP contribution in [0.4, 0.5) is 0 Å². The van der Waals surface area contributed by atoms with Gasteiger partial charge in [-0.15, -0.1) is 0 Å². The summed E-state index contributed by atoms with van der Waals surface area (Å²) in [7, 11) is -7.09. The fourth-order valence-electron chi connectivity index (χ4n) is 4.75. The Morgan fingerprint density at radius 1 is 0.913 bits per heavy atom. The van der Waals surface area contributed by atoms with Crippen molar-refractivity contribution in [2.24, 2.45) is 5.73 Å². The Morgan fingerprint density at radius 3 is 1.91 bits per heavy atom. The fourth-order valence-corrected chi connectivity index (χ4v) is 8.19. The van der Waals surface area contributed by atoms with Gasteiger partial charge in [0.05, 0.1) is 6.61 Å². The minimum absolute atomic E-state index is 0.0883. The molecule has 0 spiro atoms. The van der Waals surface area contributed by atoms with Gasteiger partial charge in [0.25, 0.3) is 0 Å². The molecule has 4 unspecified atom stereocenters. The van der Waals surface area contributed by atoms with E-state index in [2.05, 4.69) is 16.0 Å². The summed E-state index contributed by atoms with van der Waals surface area (Å²) in [6.07, 6.45) is -4.55. The molecule has 1 fully saturated rings. The maximum Gasteiger partial charge on any atom is 0.303 e. The van der Waals surface area contributed by atoms with E-state index in [1.54, 1.807) is 0 Å². The van der Waals surface area contributed by atoms with Crippen molar-refractivity contribution in [2.75, 3.05) is 6.61 Å². The number of nitrogens with one attached hydrogen (secondary N) is 3. The van der Waals surface area contributed by atoms with Crippen LogP contribution in [0.5, 0.6) is 0 Å². The molecule has 1 saturated heterocycles. The lowest BCUT2D eigenvalue weighted by Gasteiger charge is -2.56. The number of amides is 4. The molecule has 1 heterocycles. The van der Waals surface area contributed by atoms with Gasteiger partial charge in [-0.1, -0.05) is 19.6 Å². The molecule has 1 rings (SSSR count). The highest BCUT2D eigenvalue weighted by Crippen LogP contribution is 2.39. The van der Waals surface area contributed by atoms with Crippen LogP contribution in [0.2, 0.25) is 58.9 Å². The van der Waals surface area contributed by atoms with Crippen LogP contribution in [-0.4, -0.2) is 119 Å². The second kappa shape index (κ2) is 16.3. The minimum Gasteiger partial charge on any atom is -0.481 e. The number of rotatable bonds is 17. The number of aliphatic hydroxyl groups is 1. The number of hydrogen-bond donors (Lipinski definition) is 6. The van der Waals surface area contributed by atoms with Gasteiger partial charge in [-0.2, -0.15) is 0 Å². The predicted octanol–water partition coefficient (Wildman–Crippen LogP) is 0.641. The minimum atomic E-state index is -2.69. The number of carbonyl (C=O) groups is 5. The molecule has 0 radical (unpaired) electrons. The number of ether oxygens (including phenoxy) is 2. The van der Waals surface area contributed by atoms with Crippen LogP contribution in [0.25, 0.3) is 0 Å². The third kappa shape index (κ3) is 12.8. The van der Waals surface area contributed by atoms with E-state index in [1.165, 1.54) is 20.8 Å². The third-order valence-electron chi connectivity index (χ3n) is 7.16. The molecule has 0 bridgehead atoms. The number of aliphatic carboxylic acids is 1. The van der Waals surface area contributed by atoms with Crippen molar-refractivity contribution in [3.8, 4) is 0 Å². The quantitative estimate of drug-likeness (QED) is 0.115. The molecule has 0 aromatic carbocycles. The summed E-state index contributed by atoms with van der Waals surface area (Å²) in [4.78, 5) is 61.3. The van der Waals surface area contributed by atoms with Gasteiger partial charge in [0, 0.05) is 13.3 Å². The molecule has 4 amide bonds. The highest BCUT2D eigenvalue weighted by Gasteiger charge is 2.62. The molecule has 266 valence electrons. The fraction of sp³-hybridized carbons (Fsp3) is 0.821. The van der Waals surface area contributed by atoms with Gasteiger partial charge in [0.1, 0.15) is 50.6 Å². The Balaban J connectivity index is 3.44. The average Bonchev–Trinajstić information content (AvgIpc) is 2.86. The van der Waals surface area contributed by atoms with Crippen LogP contribution in [-0.2, 0) is 42.3 Å². The van der Waals surface area contributed by atoms with E-state index in [1.807, 2.05) is 58.9 Å². The topological polar surface area (TPSA) is 225 Å². The molecule has 1 aliphatic heterocycles. The van der Waals surface area contributed by atoms with Gasteiger partial charge in [0.15, 0.2) is 22.0 Å². The van der Waals surface area contributed by atoms with Gasteiger partial charge >= 0.3 is 5.97 Å². The Morgan fingerprint density at radius 2 is 1.48 bits per heavy atom. The third-order valence-corrected chi connectivity index (χ3v) is 11.8. The Bertz CT molecular complexity index is 1110. The number of carbonyl (C=O) groups excluding carboxylic acids is 4. The van der Waals surface area contributed by atoms with Gasteiger partial charge < -0.3 is 50.2 Å². The highest BCUT2D eigenvalue weighted by molar-refractivity contribution is 6.78. The maximum absolute atomic E-state index is 13.4. The van der Waals surface area contributed by atoms with Crippen LogP contribution in [0.1, 0.15) is 33.6 Å². The number of carboxylic acid groups (broad SMARTS) is 1. The standard InChI is InChI=1S/C28H56N4O11Si3/c1-16(26(37)32-19(25(29)36)13-14-21(34)35)30-27(38)17(2)41-23-22(43-46(10,11)12)20(15-40-45(7,8)9)42-28(39,44(4,5)6)24(23)31-18(3)33/h16-17,19-20,22-24,39H,13-15H2,1-12H3,(H2,29,36)(H,30,38)(H,31,33)(H,32,37)(H,34,35)/t16?,17?,19?,20-,22-,23+,24-,28?/m1/s1. The van der Waals surface area contributed by atoms with Crippen LogP contribution in [0, 0.1) is 0 Å². The molecule has 46 heavy (non-hydrogen) atoms. The van der Waals surface area contributed by atoms with Gasteiger partial charge in [-0.3, -0.25) is 24.0 Å². The molecule has 8 atom stereocenters. The summed E-state index contributed by atoms with van der Waals surface area (Å²) in [5.74, 6) is -3.98. The first-order valence-corrected chi connectivity index (χ1v) is 25.8. The highest BCUT2D eigenvalue weighted by atomic mass is 28.4. The molecule has 15 nitrogen and oxygen atoms in total. The summed E-state index contributed by atoms with van der Waals surface area (Å²) >= 11 is 0. The van der Waals surface area contributed by atoms with E-state index in [9.17, 15) is 29.1 Å². The lowest BCUT2D eigenvalue weighted by atomic mass is 9.96. The Labute approximate surface area is 275 Å². The molecule has 18 heteroatoms. The smallest absolute Gasteiger partial charge is 0.303 e. The maximum atomic E-state index is 13.4. The first kappa shape index (κ1) is 41.8. The largest absolute Gasteiger partial charge is 0.481 e. The second-order valence-corrected chi connectivity index (χ2v) is 29.0. The van der Waals surface area contributed by atoms with Crippen molar-refractivity contribution in [1.29, 1.82) is 0 Å². The normalized spacial score (nSPS) is 25.9. The van der Waals surface area contributed by atoms with Crippen molar-refractivity contribution in [3.63, 3.8) is 0 Å². The lowest BCUT2D eigenvalue weighted by Crippen LogP contribution is -2.78. The molecular weight excluding hydrogens is 653 g/mol.